The third kappa shape index (κ3) is 2.42. The third-order valence-corrected chi connectivity index (χ3v) is 2.07. The van der Waals surface area contributed by atoms with Crippen molar-refractivity contribution in [3.8, 4) is 0 Å². The van der Waals surface area contributed by atoms with Crippen molar-refractivity contribution in [3.63, 3.8) is 0 Å². The van der Waals surface area contributed by atoms with Gasteiger partial charge in [0, 0.05) is 0 Å². The van der Waals surface area contributed by atoms with Crippen molar-refractivity contribution < 1.29 is 0 Å². The van der Waals surface area contributed by atoms with Crippen molar-refractivity contribution in [2.75, 3.05) is 7.05 Å². The number of hydrogen-bond acceptors (Lipinski definition) is 1. The molecule has 0 aliphatic heterocycles. The second-order valence-electron chi connectivity index (χ2n) is 2.06. The summed E-state index contributed by atoms with van der Waals surface area (Å²) in [6, 6.07) is 0.747. The van der Waals surface area contributed by atoms with Crippen molar-refractivity contribution in [2.45, 2.75) is 19.9 Å². The Bertz CT molecular complexity index is 28.5. The molecule has 0 heterocycles. The molecule has 2 heteroatoms. The van der Waals surface area contributed by atoms with E-state index < -0.39 is 0 Å². The molecule has 0 saturated heterocycles. The molecule has 0 saturated carbocycles. The van der Waals surface area contributed by atoms with E-state index >= 15 is 0 Å². The summed E-state index contributed by atoms with van der Waals surface area (Å²) in [5.74, 6) is 0. The van der Waals surface area contributed by atoms with Crippen LogP contribution in [0.3, 0.4) is 0 Å². The summed E-state index contributed by atoms with van der Waals surface area (Å²) in [6.45, 7) is 4.40. The van der Waals surface area contributed by atoms with Gasteiger partial charge in [0.15, 0.2) is 0 Å². The van der Waals surface area contributed by atoms with Crippen LogP contribution in [0.25, 0.3) is 0 Å². The SMILES string of the molecule is CC(C)N(C)[SiH3]. The van der Waals surface area contributed by atoms with Crippen LogP contribution in [0.4, 0.5) is 0 Å². The highest BCUT2D eigenvalue weighted by atomic mass is 28.2. The molecule has 0 bridgehead atoms. The fraction of sp³-hybridized carbons (Fsp3) is 1.00. The van der Waals surface area contributed by atoms with Gasteiger partial charge >= 0.3 is 0 Å². The molecule has 0 amide bonds. The molecule has 0 aromatic heterocycles. The van der Waals surface area contributed by atoms with E-state index in [2.05, 4.69) is 25.5 Å². The van der Waals surface area contributed by atoms with Crippen molar-refractivity contribution in [1.82, 2.24) is 4.57 Å². The van der Waals surface area contributed by atoms with Gasteiger partial charge in [-0.05, 0) is 13.1 Å². The Balaban J connectivity index is 2.99. The Morgan fingerprint density at radius 2 is 1.67 bits per heavy atom. The molecule has 0 rings (SSSR count). The van der Waals surface area contributed by atoms with E-state index in [4.69, 9.17) is 0 Å². The molecular formula is C4H13NSi. The minimum absolute atomic E-state index is 0.747. The maximum atomic E-state index is 2.31. The fourth-order valence-corrected chi connectivity index (χ4v) is 0. The maximum Gasteiger partial charge on any atom is 0.0784 e. The van der Waals surface area contributed by atoms with E-state index in [0.29, 0.717) is 0 Å². The van der Waals surface area contributed by atoms with Gasteiger partial charge in [0.2, 0.25) is 0 Å². The maximum absolute atomic E-state index is 2.31. The van der Waals surface area contributed by atoms with Gasteiger partial charge < -0.3 is 4.57 Å². The zero-order chi connectivity index (χ0) is 5.15. The molecule has 6 heavy (non-hydrogen) atoms. The van der Waals surface area contributed by atoms with Gasteiger partial charge in [-0.2, -0.15) is 0 Å². The van der Waals surface area contributed by atoms with E-state index in [1.165, 1.54) is 10.4 Å². The predicted molar refractivity (Wildman–Crippen MR) is 32.8 cm³/mol. The van der Waals surface area contributed by atoms with Crippen LogP contribution in [-0.4, -0.2) is 28.1 Å². The van der Waals surface area contributed by atoms with Gasteiger partial charge in [0.05, 0.1) is 10.4 Å². The molecule has 0 radical (unpaired) electrons. The Hall–Kier alpha value is 0.177. The molecule has 1 nitrogen and oxygen atoms in total. The van der Waals surface area contributed by atoms with Crippen LogP contribution in [0, 0.1) is 0 Å². The zero-order valence-electron chi connectivity index (χ0n) is 5.02. The zero-order valence-corrected chi connectivity index (χ0v) is 7.02. The second-order valence-corrected chi connectivity index (χ2v) is 3.47. The summed E-state index contributed by atoms with van der Waals surface area (Å²) >= 11 is 0. The monoisotopic (exact) mass is 103 g/mol. The number of nitrogens with zero attached hydrogens (tertiary/aromatic N) is 1. The topological polar surface area (TPSA) is 3.24 Å². The van der Waals surface area contributed by atoms with Crippen molar-refractivity contribution in [3.05, 3.63) is 0 Å². The Labute approximate surface area is 42.8 Å². The van der Waals surface area contributed by atoms with Crippen molar-refractivity contribution in [2.24, 2.45) is 0 Å². The minimum Gasteiger partial charge on any atom is -0.333 e. The molecule has 0 aromatic rings. The average Bonchev–Trinajstić information content (AvgIpc) is 1.36. The van der Waals surface area contributed by atoms with Gasteiger partial charge in [-0.15, -0.1) is 0 Å². The summed E-state index contributed by atoms with van der Waals surface area (Å²) in [6.07, 6.45) is 0. The highest BCUT2D eigenvalue weighted by Gasteiger charge is 1.90. The molecule has 0 aromatic carbocycles. The highest BCUT2D eigenvalue weighted by molar-refractivity contribution is 6.04. The summed E-state index contributed by atoms with van der Waals surface area (Å²) in [5, 5.41) is 0. The molecule has 0 aliphatic rings. The second kappa shape index (κ2) is 2.37. The lowest BCUT2D eigenvalue weighted by Crippen LogP contribution is -2.22. The number of hydrogen-bond donors (Lipinski definition) is 0. The molecular weight excluding hydrogens is 90.1 g/mol. The first-order valence-electron chi connectivity index (χ1n) is 2.31. The van der Waals surface area contributed by atoms with Crippen LogP contribution in [0.1, 0.15) is 13.8 Å². The van der Waals surface area contributed by atoms with Gasteiger partial charge in [0.25, 0.3) is 0 Å². The summed E-state index contributed by atoms with van der Waals surface area (Å²) in [5.41, 5.74) is 0. The summed E-state index contributed by atoms with van der Waals surface area (Å²) < 4.78 is 2.31. The molecule has 0 aliphatic carbocycles. The van der Waals surface area contributed by atoms with Crippen molar-refractivity contribution >= 4 is 10.4 Å². The first kappa shape index (κ1) is 6.18. The fourth-order valence-electron chi connectivity index (χ4n) is 0. The molecule has 0 fully saturated rings. The lowest BCUT2D eigenvalue weighted by molar-refractivity contribution is 0.451. The molecule has 0 spiro atoms. The van der Waals surface area contributed by atoms with E-state index in [1.54, 1.807) is 0 Å². The number of rotatable bonds is 1. The van der Waals surface area contributed by atoms with Crippen LogP contribution in [0.15, 0.2) is 0 Å². The molecule has 0 atom stereocenters. The Kier molecular flexibility index (Phi) is 2.44. The van der Waals surface area contributed by atoms with Gasteiger partial charge in [0.1, 0.15) is 0 Å². The van der Waals surface area contributed by atoms with Gasteiger partial charge in [-0.1, -0.05) is 13.8 Å². The van der Waals surface area contributed by atoms with E-state index in [1.807, 2.05) is 0 Å². The lowest BCUT2D eigenvalue weighted by atomic mass is 10.4. The van der Waals surface area contributed by atoms with Crippen LogP contribution < -0.4 is 0 Å². The summed E-state index contributed by atoms with van der Waals surface area (Å²) in [7, 11) is 3.32. The smallest absolute Gasteiger partial charge is 0.0784 e. The van der Waals surface area contributed by atoms with E-state index in [0.717, 1.165) is 6.04 Å². The average molecular weight is 103 g/mol. The van der Waals surface area contributed by atoms with E-state index in [-0.39, 0.29) is 0 Å². The van der Waals surface area contributed by atoms with Crippen LogP contribution in [0.2, 0.25) is 0 Å². The molecule has 0 N–H and O–H groups in total. The van der Waals surface area contributed by atoms with Crippen LogP contribution >= 0.6 is 0 Å². The highest BCUT2D eigenvalue weighted by Crippen LogP contribution is 1.83. The standard InChI is InChI=1S/C4H13NSi/c1-4(2)5(3)6/h4H,1-3,6H3. The Morgan fingerprint density at radius 1 is 1.50 bits per heavy atom. The van der Waals surface area contributed by atoms with Gasteiger partial charge in [-0.3, -0.25) is 0 Å². The molecule has 0 unspecified atom stereocenters. The third-order valence-electron chi connectivity index (χ3n) is 1.03. The first-order chi connectivity index (χ1) is 2.64. The van der Waals surface area contributed by atoms with Crippen LogP contribution in [0.5, 0.6) is 0 Å². The lowest BCUT2D eigenvalue weighted by Gasteiger charge is -2.12. The predicted octanol–water partition coefficient (Wildman–Crippen LogP) is -0.393. The van der Waals surface area contributed by atoms with E-state index in [9.17, 15) is 0 Å². The molecule has 38 valence electrons. The minimum atomic E-state index is 0.747. The quantitative estimate of drug-likeness (QED) is 0.408. The summed E-state index contributed by atoms with van der Waals surface area (Å²) in [4.78, 5) is 0. The van der Waals surface area contributed by atoms with Crippen LogP contribution in [-0.2, 0) is 0 Å². The normalized spacial score (nSPS) is 11.5. The largest absolute Gasteiger partial charge is 0.333 e. The Morgan fingerprint density at radius 3 is 1.67 bits per heavy atom. The first-order valence-corrected chi connectivity index (χ1v) is 3.20. The van der Waals surface area contributed by atoms with Crippen molar-refractivity contribution in [1.29, 1.82) is 0 Å². The van der Waals surface area contributed by atoms with Gasteiger partial charge in [-0.25, -0.2) is 0 Å².